The first kappa shape index (κ1) is 18.5. The molecule has 0 aromatic carbocycles. The fourth-order valence-corrected chi connectivity index (χ4v) is 4.49. The molecule has 4 atom stereocenters. The van der Waals surface area contributed by atoms with Crippen LogP contribution in [0.5, 0.6) is 0 Å². The van der Waals surface area contributed by atoms with Crippen LogP contribution in [0.1, 0.15) is 80.6 Å². The summed E-state index contributed by atoms with van der Waals surface area (Å²) in [5.74, 6) is 0.804. The van der Waals surface area contributed by atoms with Crippen LogP contribution in [0.3, 0.4) is 0 Å². The predicted octanol–water partition coefficient (Wildman–Crippen LogP) is 4.78. The third-order valence-corrected chi connectivity index (χ3v) is 6.87. The third-order valence-electron chi connectivity index (χ3n) is 6.87. The van der Waals surface area contributed by atoms with Crippen molar-refractivity contribution >= 4 is 11.8 Å². The van der Waals surface area contributed by atoms with E-state index in [2.05, 4.69) is 20.8 Å². The second-order valence-corrected chi connectivity index (χ2v) is 9.78. The summed E-state index contributed by atoms with van der Waals surface area (Å²) in [5.41, 5.74) is 0.0316. The summed E-state index contributed by atoms with van der Waals surface area (Å²) in [7, 11) is 0. The molecule has 0 aliphatic heterocycles. The van der Waals surface area contributed by atoms with Gasteiger partial charge in [-0.05, 0) is 36.5 Å². The molecule has 2 bridgehead atoms. The van der Waals surface area contributed by atoms with Gasteiger partial charge in [-0.15, -0.1) is 0 Å². The Morgan fingerprint density at radius 1 is 1.17 bits per heavy atom. The van der Waals surface area contributed by atoms with E-state index in [0.717, 1.165) is 12.8 Å². The molecule has 0 N–H and O–H groups in total. The standard InChI is InChI=1S/C20H34O3/c1-13(10-15(21)18(2,3)4)11-17(22)23-16-12-14-8-9-20(16,7)19(14,5)6/h13-14,16H,8-12H2,1-7H3/t13?,14-,16+,20+/m0/s1. The normalized spacial score (nSPS) is 33.5. The van der Waals surface area contributed by atoms with Crippen LogP contribution < -0.4 is 0 Å². The number of esters is 1. The van der Waals surface area contributed by atoms with Gasteiger partial charge in [0, 0.05) is 23.7 Å². The van der Waals surface area contributed by atoms with Gasteiger partial charge in [-0.2, -0.15) is 0 Å². The molecule has 0 amide bonds. The number of carbonyl (C=O) groups is 2. The third kappa shape index (κ3) is 3.34. The number of hydrogen-bond acceptors (Lipinski definition) is 3. The maximum atomic E-state index is 12.3. The highest BCUT2D eigenvalue weighted by Crippen LogP contribution is 2.66. The average Bonchev–Trinajstić information content (AvgIpc) is 2.70. The predicted molar refractivity (Wildman–Crippen MR) is 92.0 cm³/mol. The molecule has 1 unspecified atom stereocenters. The van der Waals surface area contributed by atoms with Gasteiger partial charge in [-0.25, -0.2) is 0 Å². The first-order valence-corrected chi connectivity index (χ1v) is 9.10. The van der Waals surface area contributed by atoms with E-state index >= 15 is 0 Å². The molecule has 2 saturated carbocycles. The fraction of sp³-hybridized carbons (Fsp3) is 0.900. The van der Waals surface area contributed by atoms with Crippen molar-refractivity contribution in [2.75, 3.05) is 0 Å². The molecule has 0 radical (unpaired) electrons. The van der Waals surface area contributed by atoms with Crippen molar-refractivity contribution in [3.63, 3.8) is 0 Å². The maximum Gasteiger partial charge on any atom is 0.306 e. The molecule has 23 heavy (non-hydrogen) atoms. The van der Waals surface area contributed by atoms with Gasteiger partial charge in [0.2, 0.25) is 0 Å². The van der Waals surface area contributed by atoms with Crippen molar-refractivity contribution in [3.8, 4) is 0 Å². The zero-order chi connectivity index (χ0) is 17.6. The van der Waals surface area contributed by atoms with Crippen LogP contribution in [0.15, 0.2) is 0 Å². The average molecular weight is 322 g/mol. The van der Waals surface area contributed by atoms with E-state index in [9.17, 15) is 9.59 Å². The van der Waals surface area contributed by atoms with Crippen LogP contribution >= 0.6 is 0 Å². The van der Waals surface area contributed by atoms with Gasteiger partial charge in [0.1, 0.15) is 11.9 Å². The first-order valence-electron chi connectivity index (χ1n) is 9.10. The molecule has 132 valence electrons. The van der Waals surface area contributed by atoms with Gasteiger partial charge in [0.15, 0.2) is 0 Å². The lowest BCUT2D eigenvalue weighted by Crippen LogP contribution is -2.38. The molecule has 2 aliphatic rings. The van der Waals surface area contributed by atoms with Gasteiger partial charge >= 0.3 is 5.97 Å². The Morgan fingerprint density at radius 2 is 1.78 bits per heavy atom. The molecule has 3 nitrogen and oxygen atoms in total. The highest BCUT2D eigenvalue weighted by molar-refractivity contribution is 5.84. The van der Waals surface area contributed by atoms with Crippen LogP contribution in [0.25, 0.3) is 0 Å². The molecule has 2 rings (SSSR count). The molecule has 3 heteroatoms. The van der Waals surface area contributed by atoms with Gasteiger partial charge in [0.25, 0.3) is 0 Å². The Bertz CT molecular complexity index is 486. The summed E-state index contributed by atoms with van der Waals surface area (Å²) in [6.45, 7) is 14.7. The molecule has 0 aromatic heterocycles. The van der Waals surface area contributed by atoms with E-state index in [0.29, 0.717) is 18.8 Å². The van der Waals surface area contributed by atoms with Crippen LogP contribution in [-0.2, 0) is 14.3 Å². The van der Waals surface area contributed by atoms with Crippen molar-refractivity contribution < 1.29 is 14.3 Å². The Morgan fingerprint density at radius 3 is 2.22 bits per heavy atom. The van der Waals surface area contributed by atoms with Crippen molar-refractivity contribution in [1.29, 1.82) is 0 Å². The van der Waals surface area contributed by atoms with E-state index in [1.807, 2.05) is 27.7 Å². The lowest BCUT2D eigenvalue weighted by Gasteiger charge is -2.38. The number of ketones is 1. The zero-order valence-corrected chi connectivity index (χ0v) is 16.0. The smallest absolute Gasteiger partial charge is 0.306 e. The molecular formula is C20H34O3. The molecule has 0 spiro atoms. The number of Topliss-reactive ketones (excluding diaryl/α,β-unsaturated/α-hetero) is 1. The monoisotopic (exact) mass is 322 g/mol. The van der Waals surface area contributed by atoms with Gasteiger partial charge in [-0.1, -0.05) is 48.5 Å². The maximum absolute atomic E-state index is 12.3. The number of rotatable bonds is 5. The lowest BCUT2D eigenvalue weighted by molar-refractivity contribution is -0.158. The number of fused-ring (bicyclic) bond motifs is 2. The zero-order valence-electron chi connectivity index (χ0n) is 16.0. The van der Waals surface area contributed by atoms with Gasteiger partial charge < -0.3 is 4.74 Å². The second-order valence-electron chi connectivity index (χ2n) is 9.78. The molecular weight excluding hydrogens is 288 g/mol. The minimum absolute atomic E-state index is 0.0497. The van der Waals surface area contributed by atoms with E-state index in [1.165, 1.54) is 6.42 Å². The summed E-state index contributed by atoms with van der Waals surface area (Å²) in [6.07, 6.45) is 4.27. The van der Waals surface area contributed by atoms with Crippen LogP contribution in [-0.4, -0.2) is 17.9 Å². The van der Waals surface area contributed by atoms with Gasteiger partial charge in [0.05, 0.1) is 0 Å². The highest BCUT2D eigenvalue weighted by atomic mass is 16.5. The minimum atomic E-state index is -0.333. The molecule has 0 aromatic rings. The quantitative estimate of drug-likeness (QED) is 0.684. The van der Waals surface area contributed by atoms with Crippen molar-refractivity contribution in [1.82, 2.24) is 0 Å². The largest absolute Gasteiger partial charge is 0.462 e. The highest BCUT2D eigenvalue weighted by Gasteiger charge is 2.62. The number of hydrogen-bond donors (Lipinski definition) is 0. The summed E-state index contributed by atoms with van der Waals surface area (Å²) in [4.78, 5) is 24.4. The first-order chi connectivity index (χ1) is 10.4. The Kier molecular flexibility index (Phi) is 4.74. The van der Waals surface area contributed by atoms with Crippen molar-refractivity contribution in [2.24, 2.45) is 28.1 Å². The van der Waals surface area contributed by atoms with Crippen LogP contribution in [0.2, 0.25) is 0 Å². The molecule has 0 heterocycles. The van der Waals surface area contributed by atoms with Crippen LogP contribution in [0.4, 0.5) is 0 Å². The number of ether oxygens (including phenoxy) is 1. The Labute approximate surface area is 141 Å². The topological polar surface area (TPSA) is 43.4 Å². The van der Waals surface area contributed by atoms with E-state index in [-0.39, 0.29) is 40.0 Å². The van der Waals surface area contributed by atoms with Crippen molar-refractivity contribution in [3.05, 3.63) is 0 Å². The lowest BCUT2D eigenvalue weighted by atomic mass is 9.70. The number of carbonyl (C=O) groups excluding carboxylic acids is 2. The fourth-order valence-electron chi connectivity index (χ4n) is 4.49. The van der Waals surface area contributed by atoms with Crippen molar-refractivity contribution in [2.45, 2.75) is 86.7 Å². The Hall–Kier alpha value is -0.860. The van der Waals surface area contributed by atoms with E-state index in [1.54, 1.807) is 0 Å². The van der Waals surface area contributed by atoms with Crippen LogP contribution in [0, 0.1) is 28.1 Å². The Balaban J connectivity index is 1.88. The molecule has 2 aliphatic carbocycles. The summed E-state index contributed by atoms with van der Waals surface area (Å²) in [5, 5.41) is 0. The molecule has 0 saturated heterocycles. The van der Waals surface area contributed by atoms with Gasteiger partial charge in [-0.3, -0.25) is 9.59 Å². The molecule has 2 fully saturated rings. The van der Waals surface area contributed by atoms with E-state index in [4.69, 9.17) is 4.74 Å². The SMILES string of the molecule is CC(CC(=O)O[C@@H]1C[C@@H]2CC[C@@]1(C)C2(C)C)CC(=O)C(C)(C)C. The minimum Gasteiger partial charge on any atom is -0.462 e. The second kappa shape index (κ2) is 5.89. The summed E-state index contributed by atoms with van der Waals surface area (Å²) < 4.78 is 5.87. The van der Waals surface area contributed by atoms with E-state index < -0.39 is 0 Å². The summed E-state index contributed by atoms with van der Waals surface area (Å²) in [6, 6.07) is 0. The summed E-state index contributed by atoms with van der Waals surface area (Å²) >= 11 is 0.